The Morgan fingerprint density at radius 1 is 0.971 bits per heavy atom. The minimum Gasteiger partial charge on any atom is -0.490 e. The Balaban J connectivity index is 1.35. The molecule has 1 fully saturated rings. The molecule has 1 aliphatic rings. The van der Waals surface area contributed by atoms with Gasteiger partial charge in [0.05, 0.1) is 17.7 Å². The maximum Gasteiger partial charge on any atom is 0.320 e. The third-order valence-corrected chi connectivity index (χ3v) is 5.37. The third-order valence-electron chi connectivity index (χ3n) is 5.37. The molecule has 9 nitrogen and oxygen atoms in total. The largest absolute Gasteiger partial charge is 0.490 e. The van der Waals surface area contributed by atoms with E-state index in [1.54, 1.807) is 0 Å². The van der Waals surface area contributed by atoms with Crippen molar-refractivity contribution in [2.45, 2.75) is 31.8 Å². The van der Waals surface area contributed by atoms with Gasteiger partial charge in [-0.05, 0) is 37.8 Å². The first-order chi connectivity index (χ1) is 16.7. The van der Waals surface area contributed by atoms with E-state index in [0.29, 0.717) is 37.8 Å². The molecule has 13 heteroatoms. The Bertz CT molecular complexity index is 1240. The van der Waals surface area contributed by atoms with Gasteiger partial charge in [0.25, 0.3) is 0 Å². The summed E-state index contributed by atoms with van der Waals surface area (Å²) in [6, 6.07) is 4.68. The number of rotatable bonds is 7. The molecule has 1 saturated carbocycles. The van der Waals surface area contributed by atoms with Crippen molar-refractivity contribution in [3.8, 4) is 5.75 Å². The van der Waals surface area contributed by atoms with Crippen molar-refractivity contribution < 1.29 is 41.4 Å². The van der Waals surface area contributed by atoms with E-state index in [1.165, 1.54) is 12.1 Å². The average Bonchev–Trinajstić information content (AvgIpc) is 3.28. The zero-order valence-electron chi connectivity index (χ0n) is 17.9. The van der Waals surface area contributed by atoms with E-state index in [9.17, 15) is 27.2 Å². The van der Waals surface area contributed by atoms with Crippen molar-refractivity contribution in [2.75, 3.05) is 10.6 Å². The molecule has 1 heterocycles. The first-order valence-corrected chi connectivity index (χ1v) is 10.4. The molecular formula is C22H18F4N4O5. The first-order valence-electron chi connectivity index (χ1n) is 10.4. The van der Waals surface area contributed by atoms with Crippen molar-refractivity contribution in [1.82, 2.24) is 10.2 Å². The summed E-state index contributed by atoms with van der Waals surface area (Å²) >= 11 is 0. The first kappa shape index (κ1) is 24.0. The van der Waals surface area contributed by atoms with Crippen LogP contribution in [0.25, 0.3) is 0 Å². The van der Waals surface area contributed by atoms with Gasteiger partial charge >= 0.3 is 23.8 Å². The molecule has 1 aromatic heterocycles. The van der Waals surface area contributed by atoms with E-state index < -0.39 is 53.0 Å². The highest BCUT2D eigenvalue weighted by Gasteiger charge is 2.27. The molecular weight excluding hydrogens is 476 g/mol. The van der Waals surface area contributed by atoms with Gasteiger partial charge in [-0.3, -0.25) is 9.59 Å². The van der Waals surface area contributed by atoms with Crippen molar-refractivity contribution in [3.63, 3.8) is 0 Å². The molecule has 0 radical (unpaired) electrons. The summed E-state index contributed by atoms with van der Waals surface area (Å²) < 4.78 is 64.9. The molecule has 1 amide bonds. The minimum absolute atomic E-state index is 0.202. The number of benzene rings is 2. The lowest BCUT2D eigenvalue weighted by atomic mass is 9.87. The lowest BCUT2D eigenvalue weighted by molar-refractivity contribution is -0.143. The van der Waals surface area contributed by atoms with Crippen LogP contribution in [-0.2, 0) is 4.79 Å². The number of carbonyl (C=O) groups is 2. The molecule has 0 spiro atoms. The van der Waals surface area contributed by atoms with Crippen molar-refractivity contribution in [2.24, 2.45) is 5.92 Å². The van der Waals surface area contributed by atoms with Gasteiger partial charge in [0.15, 0.2) is 17.5 Å². The van der Waals surface area contributed by atoms with Crippen LogP contribution in [0.4, 0.5) is 35.0 Å². The number of carboxylic acid groups (broad SMARTS) is 1. The highest BCUT2D eigenvalue weighted by atomic mass is 19.2. The predicted molar refractivity (Wildman–Crippen MR) is 112 cm³/mol. The molecule has 0 saturated heterocycles. The number of anilines is 3. The number of carbonyl (C=O) groups excluding carboxylic acids is 1. The quantitative estimate of drug-likeness (QED) is 0.320. The summed E-state index contributed by atoms with van der Waals surface area (Å²) in [7, 11) is 0. The molecule has 184 valence electrons. The van der Waals surface area contributed by atoms with Crippen molar-refractivity contribution in [3.05, 3.63) is 59.5 Å². The molecule has 0 unspecified atom stereocenters. The van der Waals surface area contributed by atoms with Gasteiger partial charge in [0.1, 0.15) is 11.6 Å². The molecule has 2 aromatic carbocycles. The maximum absolute atomic E-state index is 14.5. The van der Waals surface area contributed by atoms with Gasteiger partial charge in [0, 0.05) is 23.9 Å². The highest BCUT2D eigenvalue weighted by Crippen LogP contribution is 2.29. The number of aliphatic carboxylic acids is 1. The number of aromatic nitrogens is 2. The Morgan fingerprint density at radius 3 is 2.29 bits per heavy atom. The van der Waals surface area contributed by atoms with Crippen LogP contribution in [0.1, 0.15) is 36.4 Å². The molecule has 1 aliphatic carbocycles. The van der Waals surface area contributed by atoms with Gasteiger partial charge in [-0.1, -0.05) is 5.10 Å². The summed E-state index contributed by atoms with van der Waals surface area (Å²) in [5.41, 5.74) is -0.442. The van der Waals surface area contributed by atoms with E-state index in [-0.39, 0.29) is 23.2 Å². The van der Waals surface area contributed by atoms with E-state index in [1.807, 2.05) is 0 Å². The van der Waals surface area contributed by atoms with Crippen molar-refractivity contribution >= 4 is 29.3 Å². The van der Waals surface area contributed by atoms with Crippen LogP contribution < -0.4 is 15.4 Å². The number of carboxylic acids is 1. The molecule has 35 heavy (non-hydrogen) atoms. The second kappa shape index (κ2) is 9.99. The van der Waals surface area contributed by atoms with Crippen LogP contribution in [0.15, 0.2) is 34.7 Å². The maximum atomic E-state index is 14.5. The monoisotopic (exact) mass is 494 g/mol. The summed E-state index contributed by atoms with van der Waals surface area (Å²) in [6.45, 7) is 0. The number of hydrogen-bond donors (Lipinski definition) is 3. The molecule has 4 rings (SSSR count). The van der Waals surface area contributed by atoms with E-state index in [2.05, 4.69) is 20.8 Å². The lowest BCUT2D eigenvalue weighted by Gasteiger charge is -2.26. The topological polar surface area (TPSA) is 127 Å². The van der Waals surface area contributed by atoms with E-state index >= 15 is 0 Å². The molecule has 0 atom stereocenters. The molecule has 0 aliphatic heterocycles. The Hall–Kier alpha value is -4.16. The normalized spacial score (nSPS) is 17.6. The standard InChI is InChI=1S/C22H18F4N4O5/c23-14-9-13(34-12-3-1-10(2-4-12)21(32)33)5-6-17(14)28-19(31)20-29-30-22(35-20)27-11-7-15(24)18(26)16(25)8-11/h5-10,12H,1-4H2,(H,27,30)(H,28,31)(H,32,33)/t10-,12+. The molecule has 0 bridgehead atoms. The Kier molecular flexibility index (Phi) is 6.85. The van der Waals surface area contributed by atoms with Gasteiger partial charge in [-0.25, -0.2) is 17.6 Å². The fourth-order valence-corrected chi connectivity index (χ4v) is 3.58. The molecule has 3 aromatic rings. The zero-order valence-corrected chi connectivity index (χ0v) is 17.9. The van der Waals surface area contributed by atoms with Gasteiger partial charge in [-0.15, -0.1) is 5.10 Å². The van der Waals surface area contributed by atoms with Crippen LogP contribution in [0, 0.1) is 29.2 Å². The molecule has 3 N–H and O–H groups in total. The second-order valence-electron chi connectivity index (χ2n) is 7.82. The Morgan fingerprint density at radius 2 is 1.66 bits per heavy atom. The number of ether oxygens (including phenoxy) is 1. The van der Waals surface area contributed by atoms with Gasteiger partial charge in [-0.2, -0.15) is 0 Å². The van der Waals surface area contributed by atoms with Crippen LogP contribution in [0.3, 0.4) is 0 Å². The van der Waals surface area contributed by atoms with Gasteiger partial charge < -0.3 is 24.9 Å². The summed E-state index contributed by atoms with van der Waals surface area (Å²) in [5.74, 6) is -7.88. The number of nitrogens with one attached hydrogen (secondary N) is 2. The second-order valence-corrected chi connectivity index (χ2v) is 7.82. The van der Waals surface area contributed by atoms with E-state index in [0.717, 1.165) is 6.07 Å². The number of nitrogens with zero attached hydrogens (tertiary/aromatic N) is 2. The van der Waals surface area contributed by atoms with Gasteiger partial charge in [0.2, 0.25) is 0 Å². The lowest BCUT2D eigenvalue weighted by Crippen LogP contribution is -2.27. The number of amides is 1. The predicted octanol–water partition coefficient (Wildman–Crippen LogP) is 4.64. The summed E-state index contributed by atoms with van der Waals surface area (Å²) in [6.07, 6.45) is 1.77. The fourth-order valence-electron chi connectivity index (χ4n) is 3.58. The van der Waals surface area contributed by atoms with E-state index in [4.69, 9.17) is 14.3 Å². The zero-order chi connectivity index (χ0) is 25.1. The SMILES string of the molecule is O=C(Nc1ccc(O[C@H]2CC[C@@H](C(=O)O)CC2)cc1F)c1nnc(Nc2cc(F)c(F)c(F)c2)o1. The smallest absolute Gasteiger partial charge is 0.320 e. The minimum atomic E-state index is -1.65. The highest BCUT2D eigenvalue weighted by molar-refractivity contribution is 6.01. The fraction of sp³-hybridized carbons (Fsp3) is 0.273. The van der Waals surface area contributed by atoms with Crippen molar-refractivity contribution in [1.29, 1.82) is 0 Å². The summed E-state index contributed by atoms with van der Waals surface area (Å²) in [5, 5.41) is 20.6. The average molecular weight is 494 g/mol. The number of hydrogen-bond acceptors (Lipinski definition) is 7. The Labute approximate surface area is 195 Å². The summed E-state index contributed by atoms with van der Waals surface area (Å²) in [4.78, 5) is 23.3. The van der Waals surface area contributed by atoms with Crippen LogP contribution in [0.2, 0.25) is 0 Å². The van der Waals surface area contributed by atoms with Crippen LogP contribution in [0.5, 0.6) is 5.75 Å². The third kappa shape index (κ3) is 5.67. The van der Waals surface area contributed by atoms with Crippen LogP contribution >= 0.6 is 0 Å². The van der Waals surface area contributed by atoms with Crippen LogP contribution in [-0.4, -0.2) is 33.3 Å². The number of halogens is 4.